The van der Waals surface area contributed by atoms with Crippen molar-refractivity contribution in [3.05, 3.63) is 83.4 Å². The lowest BCUT2D eigenvalue weighted by molar-refractivity contribution is -0.124. The summed E-state index contributed by atoms with van der Waals surface area (Å²) in [5.41, 5.74) is 2.13. The van der Waals surface area contributed by atoms with E-state index in [4.69, 9.17) is 9.47 Å². The van der Waals surface area contributed by atoms with E-state index in [0.717, 1.165) is 4.90 Å². The van der Waals surface area contributed by atoms with Gasteiger partial charge in [0.15, 0.2) is 11.5 Å². The maximum atomic E-state index is 13.4. The van der Waals surface area contributed by atoms with E-state index in [9.17, 15) is 24.3 Å². The molecule has 0 aromatic heterocycles. The van der Waals surface area contributed by atoms with Gasteiger partial charge in [0.2, 0.25) is 12.7 Å². The number of carbonyl (C=O) groups excluding carboxylic acids is 3. The SMILES string of the molecule is Cc1cc(NC(=O)CC2C(=O)N(c3ccccc3)C(=O)N2Cc2ccc3c(c2)OCO3)ccc1C(=O)O. The fraction of sp³-hybridized carbons (Fsp3) is 0.185. The maximum absolute atomic E-state index is 13.4. The van der Waals surface area contributed by atoms with Crippen LogP contribution in [0.25, 0.3) is 0 Å². The van der Waals surface area contributed by atoms with Gasteiger partial charge in [0, 0.05) is 12.2 Å². The number of amides is 4. The van der Waals surface area contributed by atoms with E-state index in [0.29, 0.717) is 34.0 Å². The molecule has 3 aromatic carbocycles. The average Bonchev–Trinajstić information content (AvgIpc) is 3.42. The Morgan fingerprint density at radius 3 is 2.49 bits per heavy atom. The van der Waals surface area contributed by atoms with Crippen LogP contribution in [-0.4, -0.2) is 46.7 Å². The first-order valence-corrected chi connectivity index (χ1v) is 11.5. The van der Waals surface area contributed by atoms with Gasteiger partial charge in [0.05, 0.1) is 17.7 Å². The number of aryl methyl sites for hydroxylation is 1. The second kappa shape index (κ2) is 9.65. The summed E-state index contributed by atoms with van der Waals surface area (Å²) < 4.78 is 10.8. The quantitative estimate of drug-likeness (QED) is 0.472. The number of carbonyl (C=O) groups is 4. The lowest BCUT2D eigenvalue weighted by Gasteiger charge is -2.22. The van der Waals surface area contributed by atoms with Crippen LogP contribution in [0.2, 0.25) is 0 Å². The highest BCUT2D eigenvalue weighted by Crippen LogP contribution is 2.34. The Labute approximate surface area is 212 Å². The topological polar surface area (TPSA) is 125 Å². The van der Waals surface area contributed by atoms with Crippen LogP contribution in [0.1, 0.15) is 27.9 Å². The Kier molecular flexibility index (Phi) is 6.22. The van der Waals surface area contributed by atoms with Crippen molar-refractivity contribution in [2.24, 2.45) is 0 Å². The molecule has 2 N–H and O–H groups in total. The number of para-hydroxylation sites is 1. The molecule has 1 fully saturated rings. The zero-order valence-electron chi connectivity index (χ0n) is 19.8. The number of rotatable bonds is 7. The van der Waals surface area contributed by atoms with Gasteiger partial charge in [0.1, 0.15) is 6.04 Å². The second-order valence-electron chi connectivity index (χ2n) is 8.71. The Hall–Kier alpha value is -4.86. The van der Waals surface area contributed by atoms with Crippen LogP contribution in [0, 0.1) is 6.92 Å². The van der Waals surface area contributed by atoms with Crippen LogP contribution in [0.5, 0.6) is 11.5 Å². The van der Waals surface area contributed by atoms with Crippen molar-refractivity contribution in [2.75, 3.05) is 17.0 Å². The minimum atomic E-state index is -1.06. The minimum absolute atomic E-state index is 0.0783. The summed E-state index contributed by atoms with van der Waals surface area (Å²) in [7, 11) is 0. The predicted octanol–water partition coefficient (Wildman–Crippen LogP) is 3.79. The number of nitrogens with one attached hydrogen (secondary N) is 1. The number of fused-ring (bicyclic) bond motifs is 1. The summed E-state index contributed by atoms with van der Waals surface area (Å²) in [6.45, 7) is 1.81. The normalized spacial score (nSPS) is 16.3. The number of urea groups is 1. The molecule has 0 radical (unpaired) electrons. The molecular weight excluding hydrogens is 478 g/mol. The molecule has 1 atom stereocenters. The van der Waals surface area contributed by atoms with E-state index >= 15 is 0 Å². The van der Waals surface area contributed by atoms with Crippen molar-refractivity contribution in [2.45, 2.75) is 25.9 Å². The van der Waals surface area contributed by atoms with Crippen LogP contribution < -0.4 is 19.7 Å². The fourth-order valence-electron chi connectivity index (χ4n) is 4.43. The number of carboxylic acids is 1. The Morgan fingerprint density at radius 1 is 1.00 bits per heavy atom. The van der Waals surface area contributed by atoms with E-state index in [1.807, 2.05) is 0 Å². The van der Waals surface area contributed by atoms with E-state index in [1.54, 1.807) is 61.5 Å². The lowest BCUT2D eigenvalue weighted by Crippen LogP contribution is -2.37. The van der Waals surface area contributed by atoms with Gasteiger partial charge in [-0.15, -0.1) is 0 Å². The zero-order valence-corrected chi connectivity index (χ0v) is 19.8. The molecule has 3 aromatic rings. The van der Waals surface area contributed by atoms with Crippen LogP contribution in [0.15, 0.2) is 66.7 Å². The van der Waals surface area contributed by atoms with E-state index in [-0.39, 0.29) is 25.3 Å². The van der Waals surface area contributed by atoms with E-state index in [2.05, 4.69) is 5.32 Å². The van der Waals surface area contributed by atoms with Crippen LogP contribution in [0.3, 0.4) is 0 Å². The summed E-state index contributed by atoms with van der Waals surface area (Å²) in [5.74, 6) is -0.919. The molecule has 0 bridgehead atoms. The summed E-state index contributed by atoms with van der Waals surface area (Å²) in [5, 5.41) is 11.9. The summed E-state index contributed by atoms with van der Waals surface area (Å²) in [6, 6.07) is 16.7. The molecule has 37 heavy (non-hydrogen) atoms. The first kappa shape index (κ1) is 23.9. The smallest absolute Gasteiger partial charge is 0.335 e. The molecule has 0 aliphatic carbocycles. The number of anilines is 2. The summed E-state index contributed by atoms with van der Waals surface area (Å²) in [4.78, 5) is 53.6. The molecule has 2 aliphatic rings. The number of carboxylic acid groups (broad SMARTS) is 1. The first-order valence-electron chi connectivity index (χ1n) is 11.5. The van der Waals surface area contributed by atoms with Crippen LogP contribution in [0.4, 0.5) is 16.2 Å². The van der Waals surface area contributed by atoms with Gasteiger partial charge in [0.25, 0.3) is 5.91 Å². The highest BCUT2D eigenvalue weighted by atomic mass is 16.7. The van der Waals surface area contributed by atoms with Crippen molar-refractivity contribution >= 4 is 35.2 Å². The third-order valence-corrected chi connectivity index (χ3v) is 6.24. The number of hydrogen-bond acceptors (Lipinski definition) is 6. The third-order valence-electron chi connectivity index (χ3n) is 6.24. The molecule has 10 heteroatoms. The van der Waals surface area contributed by atoms with Gasteiger partial charge >= 0.3 is 12.0 Å². The minimum Gasteiger partial charge on any atom is -0.478 e. The number of imide groups is 1. The van der Waals surface area contributed by atoms with Crippen molar-refractivity contribution in [1.82, 2.24) is 4.90 Å². The first-order chi connectivity index (χ1) is 17.8. The molecule has 2 heterocycles. The second-order valence-corrected chi connectivity index (χ2v) is 8.71. The monoisotopic (exact) mass is 501 g/mol. The molecule has 10 nitrogen and oxygen atoms in total. The zero-order chi connectivity index (χ0) is 26.1. The average molecular weight is 501 g/mol. The van der Waals surface area contributed by atoms with Crippen LogP contribution >= 0.6 is 0 Å². The number of ether oxygens (including phenoxy) is 2. The standard InChI is InChI=1S/C27H23N3O7/c1-16-11-18(8-9-20(16)26(33)34)28-24(31)13-21-25(32)30(19-5-3-2-4-6-19)27(35)29(21)14-17-7-10-22-23(12-17)37-15-36-22/h2-12,21H,13-15H2,1H3,(H,28,31)(H,33,34). The molecule has 2 aliphatic heterocycles. The van der Waals surface area contributed by atoms with Crippen molar-refractivity contribution < 1.29 is 33.8 Å². The Bertz CT molecular complexity index is 1410. The van der Waals surface area contributed by atoms with Crippen molar-refractivity contribution in [1.29, 1.82) is 0 Å². The van der Waals surface area contributed by atoms with Crippen molar-refractivity contribution in [3.8, 4) is 11.5 Å². The number of benzene rings is 3. The van der Waals surface area contributed by atoms with Gasteiger partial charge in [-0.3, -0.25) is 9.59 Å². The fourth-order valence-corrected chi connectivity index (χ4v) is 4.43. The van der Waals surface area contributed by atoms with Gasteiger partial charge < -0.3 is 24.8 Å². The molecule has 1 saturated heterocycles. The molecular formula is C27H23N3O7. The molecule has 5 rings (SSSR count). The third kappa shape index (κ3) is 4.68. The van der Waals surface area contributed by atoms with Gasteiger partial charge in [-0.2, -0.15) is 0 Å². The van der Waals surface area contributed by atoms with Crippen molar-refractivity contribution in [3.63, 3.8) is 0 Å². The Morgan fingerprint density at radius 2 is 1.76 bits per heavy atom. The number of hydrogen-bond donors (Lipinski definition) is 2. The van der Waals surface area contributed by atoms with Gasteiger partial charge in [-0.05, 0) is 60.5 Å². The van der Waals surface area contributed by atoms with Gasteiger partial charge in [-0.25, -0.2) is 14.5 Å². The van der Waals surface area contributed by atoms with E-state index < -0.39 is 29.9 Å². The lowest BCUT2D eigenvalue weighted by atomic mass is 10.1. The van der Waals surface area contributed by atoms with E-state index in [1.165, 1.54) is 17.0 Å². The molecule has 1 unspecified atom stereocenters. The molecule has 0 saturated carbocycles. The molecule has 188 valence electrons. The number of nitrogens with zero attached hydrogens (tertiary/aromatic N) is 2. The number of aromatic carboxylic acids is 1. The maximum Gasteiger partial charge on any atom is 0.335 e. The largest absolute Gasteiger partial charge is 0.478 e. The van der Waals surface area contributed by atoms with Gasteiger partial charge in [-0.1, -0.05) is 24.3 Å². The molecule has 0 spiro atoms. The summed E-state index contributed by atoms with van der Waals surface area (Å²) in [6.07, 6.45) is -0.280. The highest BCUT2D eigenvalue weighted by Gasteiger charge is 2.46. The van der Waals surface area contributed by atoms with Crippen LogP contribution in [-0.2, 0) is 16.1 Å². The molecule has 4 amide bonds. The Balaban J connectivity index is 1.39. The summed E-state index contributed by atoms with van der Waals surface area (Å²) >= 11 is 0. The highest BCUT2D eigenvalue weighted by molar-refractivity contribution is 6.22. The predicted molar refractivity (Wildman–Crippen MR) is 133 cm³/mol.